The summed E-state index contributed by atoms with van der Waals surface area (Å²) in [5, 5.41) is 30.8. The van der Waals surface area contributed by atoms with Crippen LogP contribution >= 0.6 is 0 Å². The Morgan fingerprint density at radius 1 is 1.35 bits per heavy atom. The lowest BCUT2D eigenvalue weighted by Crippen LogP contribution is -2.34. The van der Waals surface area contributed by atoms with Gasteiger partial charge in [-0.2, -0.15) is 0 Å². The van der Waals surface area contributed by atoms with Crippen molar-refractivity contribution in [2.24, 2.45) is 0 Å². The Balaban J connectivity index is 2.94. The minimum Gasteiger partial charge on any atom is -0.481 e. The Morgan fingerprint density at radius 3 is 2.55 bits per heavy atom. The summed E-state index contributed by atoms with van der Waals surface area (Å²) in [6, 6.07) is 3.29. The summed E-state index contributed by atoms with van der Waals surface area (Å²) < 4.78 is 13.2. The van der Waals surface area contributed by atoms with E-state index in [1.54, 1.807) is 0 Å². The number of benzene rings is 1. The minimum absolute atomic E-state index is 0.00903. The predicted octanol–water partition coefficient (Wildman–Crippen LogP) is -0.0168. The van der Waals surface area contributed by atoms with E-state index in [1.807, 2.05) is 0 Å². The first-order chi connectivity index (χ1) is 9.31. The van der Waals surface area contributed by atoms with Crippen LogP contribution in [-0.2, 0) is 16.0 Å². The second-order valence-corrected chi connectivity index (χ2v) is 4.36. The van der Waals surface area contributed by atoms with E-state index in [0.29, 0.717) is 0 Å². The van der Waals surface area contributed by atoms with Crippen LogP contribution in [0.15, 0.2) is 18.2 Å². The van der Waals surface area contributed by atoms with Crippen molar-refractivity contribution in [1.82, 2.24) is 5.32 Å². The molecule has 0 fully saturated rings. The zero-order chi connectivity index (χ0) is 15.3. The highest BCUT2D eigenvalue weighted by molar-refractivity contribution is 5.72. The van der Waals surface area contributed by atoms with Crippen molar-refractivity contribution in [3.63, 3.8) is 0 Å². The van der Waals surface area contributed by atoms with Gasteiger partial charge >= 0.3 is 5.97 Å². The Labute approximate surface area is 114 Å². The van der Waals surface area contributed by atoms with Crippen LogP contribution in [0.25, 0.3) is 0 Å². The molecule has 0 radical (unpaired) electrons. The van der Waals surface area contributed by atoms with Crippen LogP contribution in [0.4, 0.5) is 4.39 Å². The third-order valence-corrected chi connectivity index (χ3v) is 2.69. The van der Waals surface area contributed by atoms with E-state index >= 15 is 0 Å². The molecule has 6 nitrogen and oxygen atoms in total. The standard InChI is InChI=1S/C13H16FNO5/c1-7(16)15-6-11(17)13(20)10-5-9(14)3-2-8(10)4-12(18)19/h2-3,5,11,13,17,20H,4,6H2,1H3,(H,15,16)(H,18,19). The molecule has 7 heteroatoms. The molecular formula is C13H16FNO5. The Morgan fingerprint density at radius 2 is 2.00 bits per heavy atom. The summed E-state index contributed by atoms with van der Waals surface area (Å²) >= 11 is 0. The first-order valence-electron chi connectivity index (χ1n) is 5.92. The summed E-state index contributed by atoms with van der Waals surface area (Å²) in [5.41, 5.74) is 0.193. The van der Waals surface area contributed by atoms with E-state index in [1.165, 1.54) is 13.0 Å². The van der Waals surface area contributed by atoms with Crippen molar-refractivity contribution in [3.05, 3.63) is 35.1 Å². The predicted molar refractivity (Wildman–Crippen MR) is 67.4 cm³/mol. The van der Waals surface area contributed by atoms with E-state index in [9.17, 15) is 24.2 Å². The molecule has 0 saturated heterocycles. The largest absolute Gasteiger partial charge is 0.481 e. The van der Waals surface area contributed by atoms with Crippen LogP contribution < -0.4 is 5.32 Å². The molecule has 1 aromatic rings. The van der Waals surface area contributed by atoms with Crippen molar-refractivity contribution in [2.75, 3.05) is 6.54 Å². The van der Waals surface area contributed by atoms with Crippen LogP contribution in [0.2, 0.25) is 0 Å². The summed E-state index contributed by atoms with van der Waals surface area (Å²) in [6.07, 6.45) is -3.26. The lowest BCUT2D eigenvalue weighted by Gasteiger charge is -2.20. The number of aliphatic hydroxyl groups is 2. The van der Waals surface area contributed by atoms with Gasteiger partial charge in [0.15, 0.2) is 0 Å². The van der Waals surface area contributed by atoms with Crippen LogP contribution in [0.5, 0.6) is 0 Å². The summed E-state index contributed by atoms with van der Waals surface area (Å²) in [6.45, 7) is 1.02. The zero-order valence-corrected chi connectivity index (χ0v) is 10.8. The number of rotatable bonds is 6. The summed E-state index contributed by atoms with van der Waals surface area (Å²) in [4.78, 5) is 21.5. The van der Waals surface area contributed by atoms with Crippen molar-refractivity contribution in [3.8, 4) is 0 Å². The zero-order valence-electron chi connectivity index (χ0n) is 10.8. The fourth-order valence-corrected chi connectivity index (χ4v) is 1.73. The number of carboxylic acid groups (broad SMARTS) is 1. The molecule has 1 rings (SSSR count). The number of hydrogen-bond acceptors (Lipinski definition) is 4. The number of carbonyl (C=O) groups excluding carboxylic acids is 1. The van der Waals surface area contributed by atoms with Crippen molar-refractivity contribution < 1.29 is 29.3 Å². The van der Waals surface area contributed by atoms with Gasteiger partial charge in [0.25, 0.3) is 0 Å². The molecule has 0 bridgehead atoms. The van der Waals surface area contributed by atoms with Crippen LogP contribution in [0.3, 0.4) is 0 Å². The average Bonchev–Trinajstić information content (AvgIpc) is 2.36. The maximum atomic E-state index is 13.2. The molecule has 20 heavy (non-hydrogen) atoms. The maximum Gasteiger partial charge on any atom is 0.307 e. The van der Waals surface area contributed by atoms with Gasteiger partial charge in [-0.15, -0.1) is 0 Å². The number of hydrogen-bond donors (Lipinski definition) is 4. The maximum absolute atomic E-state index is 13.2. The molecule has 4 N–H and O–H groups in total. The van der Waals surface area contributed by atoms with Gasteiger partial charge in [0.05, 0.1) is 6.42 Å². The molecule has 1 amide bonds. The van der Waals surface area contributed by atoms with Crippen LogP contribution in [-0.4, -0.2) is 39.8 Å². The number of carbonyl (C=O) groups is 2. The SMILES string of the molecule is CC(=O)NCC(O)C(O)c1cc(F)ccc1CC(=O)O. The molecule has 1 aromatic carbocycles. The van der Waals surface area contributed by atoms with Crippen LogP contribution in [0.1, 0.15) is 24.2 Å². The molecule has 0 aliphatic carbocycles. The van der Waals surface area contributed by atoms with Crippen LogP contribution in [0, 0.1) is 5.82 Å². The van der Waals surface area contributed by atoms with Gasteiger partial charge in [-0.1, -0.05) is 6.07 Å². The van der Waals surface area contributed by atoms with E-state index in [4.69, 9.17) is 5.11 Å². The third kappa shape index (κ3) is 4.60. The van der Waals surface area contributed by atoms with Gasteiger partial charge in [0, 0.05) is 13.5 Å². The summed E-state index contributed by atoms with van der Waals surface area (Å²) in [7, 11) is 0. The van der Waals surface area contributed by atoms with Crippen molar-refractivity contribution >= 4 is 11.9 Å². The highest BCUT2D eigenvalue weighted by Gasteiger charge is 2.22. The fraction of sp³-hybridized carbons (Fsp3) is 0.385. The molecule has 0 saturated carbocycles. The number of halogens is 1. The van der Waals surface area contributed by atoms with Gasteiger partial charge in [0.1, 0.15) is 18.0 Å². The number of aliphatic hydroxyl groups excluding tert-OH is 2. The van der Waals surface area contributed by atoms with E-state index < -0.39 is 30.4 Å². The number of carboxylic acids is 1. The number of nitrogens with one attached hydrogen (secondary N) is 1. The van der Waals surface area contributed by atoms with Gasteiger partial charge in [-0.05, 0) is 23.3 Å². The normalized spacial score (nSPS) is 13.6. The minimum atomic E-state index is -1.49. The second-order valence-electron chi connectivity index (χ2n) is 4.36. The van der Waals surface area contributed by atoms with Gasteiger partial charge in [-0.25, -0.2) is 4.39 Å². The Hall–Kier alpha value is -1.99. The second kappa shape index (κ2) is 6.97. The van der Waals surface area contributed by atoms with Gasteiger partial charge < -0.3 is 20.6 Å². The third-order valence-electron chi connectivity index (χ3n) is 2.69. The fourth-order valence-electron chi connectivity index (χ4n) is 1.73. The Bertz CT molecular complexity index is 506. The van der Waals surface area contributed by atoms with Crippen molar-refractivity contribution in [1.29, 1.82) is 0 Å². The molecule has 2 atom stereocenters. The monoisotopic (exact) mass is 285 g/mol. The first kappa shape index (κ1) is 16.1. The topological polar surface area (TPSA) is 107 Å². The van der Waals surface area contributed by atoms with E-state index in [2.05, 4.69) is 5.32 Å². The molecule has 0 heterocycles. The molecule has 110 valence electrons. The smallest absolute Gasteiger partial charge is 0.307 e. The van der Waals surface area contributed by atoms with Gasteiger partial charge in [0.2, 0.25) is 5.91 Å². The highest BCUT2D eigenvalue weighted by atomic mass is 19.1. The first-order valence-corrected chi connectivity index (χ1v) is 5.92. The van der Waals surface area contributed by atoms with E-state index in [-0.39, 0.29) is 23.6 Å². The molecule has 0 spiro atoms. The number of aliphatic carboxylic acids is 1. The lowest BCUT2D eigenvalue weighted by molar-refractivity contribution is -0.136. The van der Waals surface area contributed by atoms with Gasteiger partial charge in [-0.3, -0.25) is 9.59 Å². The molecule has 2 unspecified atom stereocenters. The van der Waals surface area contributed by atoms with E-state index in [0.717, 1.165) is 12.1 Å². The highest BCUT2D eigenvalue weighted by Crippen LogP contribution is 2.23. The summed E-state index contributed by atoms with van der Waals surface area (Å²) in [5.74, 6) is -2.18. The quantitative estimate of drug-likeness (QED) is 0.588. The number of amides is 1. The molecular weight excluding hydrogens is 269 g/mol. The molecule has 0 aliphatic heterocycles. The molecule has 0 aromatic heterocycles. The Kier molecular flexibility index (Phi) is 5.60. The molecule has 0 aliphatic rings. The van der Waals surface area contributed by atoms with Crippen molar-refractivity contribution in [2.45, 2.75) is 25.6 Å². The lowest BCUT2D eigenvalue weighted by atomic mass is 9.96. The average molecular weight is 285 g/mol.